The van der Waals surface area contributed by atoms with Gasteiger partial charge >= 0.3 is 5.97 Å². The highest BCUT2D eigenvalue weighted by molar-refractivity contribution is 8.01. The van der Waals surface area contributed by atoms with Gasteiger partial charge in [0.2, 0.25) is 0 Å². The van der Waals surface area contributed by atoms with Crippen LogP contribution in [0.4, 0.5) is 0 Å². The van der Waals surface area contributed by atoms with Gasteiger partial charge in [-0.2, -0.15) is 0 Å². The topological polar surface area (TPSA) is 50.2 Å². The fraction of sp³-hybridized carbons (Fsp3) is 0.429. The van der Waals surface area contributed by atoms with E-state index in [0.717, 1.165) is 4.21 Å². The summed E-state index contributed by atoms with van der Waals surface area (Å²) in [6.07, 6.45) is 0. The zero-order valence-electron chi connectivity index (χ0n) is 6.77. The Morgan fingerprint density at radius 3 is 2.92 bits per heavy atom. The SMILES string of the molecule is CC(C)Sc1scnc1C(=O)O. The maximum Gasteiger partial charge on any atom is 0.356 e. The van der Waals surface area contributed by atoms with Crippen LogP contribution in [0.2, 0.25) is 0 Å². The number of carboxylic acid groups (broad SMARTS) is 1. The van der Waals surface area contributed by atoms with Gasteiger partial charge < -0.3 is 5.11 Å². The molecule has 0 atom stereocenters. The number of thiazole rings is 1. The molecule has 1 N–H and O–H groups in total. The predicted molar refractivity (Wildman–Crippen MR) is 50.1 cm³/mol. The molecular weight excluding hydrogens is 194 g/mol. The van der Waals surface area contributed by atoms with E-state index < -0.39 is 5.97 Å². The summed E-state index contributed by atoms with van der Waals surface area (Å²) in [5.41, 5.74) is 1.74. The summed E-state index contributed by atoms with van der Waals surface area (Å²) in [5, 5.41) is 9.09. The Morgan fingerprint density at radius 1 is 1.75 bits per heavy atom. The Balaban J connectivity index is 2.84. The molecular formula is C7H9NO2S2. The highest BCUT2D eigenvalue weighted by Gasteiger charge is 2.14. The molecule has 0 bridgehead atoms. The Morgan fingerprint density at radius 2 is 2.42 bits per heavy atom. The van der Waals surface area contributed by atoms with Gasteiger partial charge in [-0.05, 0) is 0 Å². The normalized spacial score (nSPS) is 10.6. The fourth-order valence-electron chi connectivity index (χ4n) is 0.676. The van der Waals surface area contributed by atoms with E-state index in [0.29, 0.717) is 5.25 Å². The molecule has 0 radical (unpaired) electrons. The lowest BCUT2D eigenvalue weighted by Gasteiger charge is -2.00. The molecule has 0 aromatic carbocycles. The van der Waals surface area contributed by atoms with Crippen LogP contribution >= 0.6 is 23.1 Å². The van der Waals surface area contributed by atoms with Gasteiger partial charge in [0.05, 0.1) is 9.72 Å². The lowest BCUT2D eigenvalue weighted by atomic mass is 10.5. The molecule has 0 saturated heterocycles. The molecule has 0 aliphatic carbocycles. The van der Waals surface area contributed by atoms with Crippen molar-refractivity contribution in [1.82, 2.24) is 4.98 Å². The number of thioether (sulfide) groups is 1. The third-order valence-corrected chi connectivity index (χ3v) is 3.15. The molecule has 0 spiro atoms. The average Bonchev–Trinajstić information content (AvgIpc) is 2.33. The van der Waals surface area contributed by atoms with Crippen molar-refractivity contribution in [2.75, 3.05) is 0 Å². The lowest BCUT2D eigenvalue weighted by Crippen LogP contribution is -1.98. The number of aromatic carboxylic acids is 1. The Kier molecular flexibility index (Phi) is 3.11. The van der Waals surface area contributed by atoms with Crippen molar-refractivity contribution in [2.24, 2.45) is 0 Å². The van der Waals surface area contributed by atoms with Crippen LogP contribution in [0.25, 0.3) is 0 Å². The van der Waals surface area contributed by atoms with Gasteiger partial charge in [-0.15, -0.1) is 23.1 Å². The number of nitrogens with zero attached hydrogens (tertiary/aromatic N) is 1. The van der Waals surface area contributed by atoms with Gasteiger partial charge in [0.15, 0.2) is 5.69 Å². The zero-order chi connectivity index (χ0) is 9.14. The van der Waals surface area contributed by atoms with E-state index in [-0.39, 0.29) is 5.69 Å². The van der Waals surface area contributed by atoms with Crippen LogP contribution in [0.15, 0.2) is 9.72 Å². The lowest BCUT2D eigenvalue weighted by molar-refractivity contribution is 0.0688. The smallest absolute Gasteiger partial charge is 0.356 e. The highest BCUT2D eigenvalue weighted by atomic mass is 32.2. The summed E-state index contributed by atoms with van der Waals surface area (Å²) in [5.74, 6) is -0.945. The molecule has 5 heteroatoms. The molecule has 0 aliphatic rings. The van der Waals surface area contributed by atoms with Crippen LogP contribution < -0.4 is 0 Å². The quantitative estimate of drug-likeness (QED) is 0.766. The first-order valence-corrected chi connectivity index (χ1v) is 5.20. The average molecular weight is 203 g/mol. The first-order valence-electron chi connectivity index (χ1n) is 3.44. The second-order valence-corrected chi connectivity index (χ2v) is 5.16. The number of carboxylic acids is 1. The van der Waals surface area contributed by atoms with E-state index >= 15 is 0 Å². The van der Waals surface area contributed by atoms with Gasteiger partial charge in [0, 0.05) is 5.25 Å². The van der Waals surface area contributed by atoms with Crippen LogP contribution in [-0.4, -0.2) is 21.3 Å². The third kappa shape index (κ3) is 2.22. The maximum absolute atomic E-state index is 10.6. The van der Waals surface area contributed by atoms with E-state index in [4.69, 9.17) is 5.11 Å². The monoisotopic (exact) mass is 203 g/mol. The molecule has 66 valence electrons. The van der Waals surface area contributed by atoms with Crippen LogP contribution in [0.1, 0.15) is 24.3 Å². The molecule has 0 aliphatic heterocycles. The molecule has 0 unspecified atom stereocenters. The van der Waals surface area contributed by atoms with Gasteiger partial charge in [0.1, 0.15) is 0 Å². The van der Waals surface area contributed by atoms with Crippen molar-refractivity contribution >= 4 is 29.1 Å². The van der Waals surface area contributed by atoms with Crippen molar-refractivity contribution in [1.29, 1.82) is 0 Å². The molecule has 0 amide bonds. The van der Waals surface area contributed by atoms with Gasteiger partial charge in [-0.1, -0.05) is 13.8 Å². The molecule has 3 nitrogen and oxygen atoms in total. The van der Waals surface area contributed by atoms with Crippen LogP contribution in [0, 0.1) is 0 Å². The van der Waals surface area contributed by atoms with Crippen LogP contribution in [0.5, 0.6) is 0 Å². The van der Waals surface area contributed by atoms with Gasteiger partial charge in [-0.25, -0.2) is 9.78 Å². The van der Waals surface area contributed by atoms with Crippen LogP contribution in [-0.2, 0) is 0 Å². The summed E-state index contributed by atoms with van der Waals surface area (Å²) in [7, 11) is 0. The molecule has 0 fully saturated rings. The summed E-state index contributed by atoms with van der Waals surface area (Å²) < 4.78 is 0.789. The van der Waals surface area contributed by atoms with Crippen molar-refractivity contribution in [3.63, 3.8) is 0 Å². The largest absolute Gasteiger partial charge is 0.476 e. The minimum atomic E-state index is -0.945. The standard InChI is InChI=1S/C7H9NO2S2/c1-4(2)12-7-5(6(9)10)8-3-11-7/h3-4H,1-2H3,(H,9,10). The molecule has 1 heterocycles. The maximum atomic E-state index is 10.6. The minimum Gasteiger partial charge on any atom is -0.476 e. The van der Waals surface area contributed by atoms with Crippen molar-refractivity contribution in [3.8, 4) is 0 Å². The Labute approximate surface area is 78.8 Å². The van der Waals surface area contributed by atoms with Crippen molar-refractivity contribution < 1.29 is 9.90 Å². The fourth-order valence-corrected chi connectivity index (χ4v) is 2.79. The number of carbonyl (C=O) groups is 1. The summed E-state index contributed by atoms with van der Waals surface area (Å²) in [4.78, 5) is 14.4. The predicted octanol–water partition coefficient (Wildman–Crippen LogP) is 2.34. The summed E-state index contributed by atoms with van der Waals surface area (Å²) in [6, 6.07) is 0. The van der Waals surface area contributed by atoms with E-state index in [1.807, 2.05) is 13.8 Å². The molecule has 1 aromatic heterocycles. The summed E-state index contributed by atoms with van der Waals surface area (Å²) in [6.45, 7) is 4.05. The number of aromatic nitrogens is 1. The zero-order valence-corrected chi connectivity index (χ0v) is 8.41. The van der Waals surface area contributed by atoms with Gasteiger partial charge in [-0.3, -0.25) is 0 Å². The minimum absolute atomic E-state index is 0.179. The van der Waals surface area contributed by atoms with Crippen LogP contribution in [0.3, 0.4) is 0 Å². The molecule has 1 aromatic rings. The van der Waals surface area contributed by atoms with E-state index in [1.165, 1.54) is 23.1 Å². The van der Waals surface area contributed by atoms with E-state index in [1.54, 1.807) is 5.51 Å². The molecule has 1 rings (SSSR count). The number of hydrogen-bond donors (Lipinski definition) is 1. The second kappa shape index (κ2) is 3.91. The molecule has 12 heavy (non-hydrogen) atoms. The van der Waals surface area contributed by atoms with Gasteiger partial charge in [0.25, 0.3) is 0 Å². The molecule has 0 saturated carbocycles. The number of rotatable bonds is 3. The third-order valence-electron chi connectivity index (χ3n) is 1.08. The first kappa shape index (κ1) is 9.54. The Hall–Kier alpha value is -0.550. The number of hydrogen-bond acceptors (Lipinski definition) is 4. The highest BCUT2D eigenvalue weighted by Crippen LogP contribution is 2.29. The summed E-state index contributed by atoms with van der Waals surface area (Å²) >= 11 is 2.91. The van der Waals surface area contributed by atoms with E-state index in [9.17, 15) is 4.79 Å². The first-order chi connectivity index (χ1) is 5.61. The second-order valence-electron chi connectivity index (χ2n) is 2.46. The van der Waals surface area contributed by atoms with E-state index in [2.05, 4.69) is 4.98 Å². The van der Waals surface area contributed by atoms with Crippen molar-refractivity contribution in [3.05, 3.63) is 11.2 Å². The van der Waals surface area contributed by atoms with Crippen molar-refractivity contribution in [2.45, 2.75) is 23.3 Å². The Bertz CT molecular complexity index is 283.